The first-order valence-electron chi connectivity index (χ1n) is 6.44. The van der Waals surface area contributed by atoms with Crippen LogP contribution in [0.4, 0.5) is 0 Å². The van der Waals surface area contributed by atoms with Gasteiger partial charge < -0.3 is 18.9 Å². The fourth-order valence-electron chi connectivity index (χ4n) is 1.65. The van der Waals surface area contributed by atoms with Gasteiger partial charge in [-0.05, 0) is 24.3 Å². The van der Waals surface area contributed by atoms with Crippen LogP contribution >= 0.6 is 0 Å². The van der Waals surface area contributed by atoms with E-state index in [0.717, 1.165) is 6.42 Å². The molecule has 2 heterocycles. The van der Waals surface area contributed by atoms with Crippen molar-refractivity contribution in [2.24, 2.45) is 0 Å². The van der Waals surface area contributed by atoms with E-state index >= 15 is 0 Å². The van der Waals surface area contributed by atoms with Crippen molar-refractivity contribution >= 4 is 11.9 Å². The fraction of sp³-hybridized carbons (Fsp3) is 0.429. The summed E-state index contributed by atoms with van der Waals surface area (Å²) in [5, 5.41) is 0. The van der Waals surface area contributed by atoms with Crippen molar-refractivity contribution in [2.75, 3.05) is 19.8 Å². The highest BCUT2D eigenvalue weighted by atomic mass is 16.7. The highest BCUT2D eigenvalue weighted by Gasteiger charge is 2.25. The number of rotatable bonds is 5. The fourth-order valence-corrected chi connectivity index (χ4v) is 1.65. The van der Waals surface area contributed by atoms with E-state index in [1.54, 1.807) is 0 Å². The highest BCUT2D eigenvalue weighted by Crippen LogP contribution is 2.16. The van der Waals surface area contributed by atoms with E-state index in [0.29, 0.717) is 24.3 Å². The lowest BCUT2D eigenvalue weighted by Crippen LogP contribution is -2.31. The quantitative estimate of drug-likeness (QED) is 0.594. The summed E-state index contributed by atoms with van der Waals surface area (Å²) in [5.41, 5.74) is 0.768. The number of esters is 2. The van der Waals surface area contributed by atoms with Gasteiger partial charge in [0.1, 0.15) is 12.7 Å². The van der Waals surface area contributed by atoms with Crippen molar-refractivity contribution in [2.45, 2.75) is 18.8 Å². The van der Waals surface area contributed by atoms with Crippen molar-refractivity contribution in [1.82, 2.24) is 0 Å². The van der Waals surface area contributed by atoms with Crippen molar-refractivity contribution in [3.63, 3.8) is 0 Å². The number of ether oxygens (including phenoxy) is 4. The molecule has 0 aliphatic carbocycles. The molecule has 2 aliphatic rings. The molecule has 2 fully saturated rings. The molecule has 0 aromatic heterocycles. The molecule has 0 spiro atoms. The van der Waals surface area contributed by atoms with Crippen molar-refractivity contribution < 1.29 is 28.5 Å². The predicted octanol–water partition coefficient (Wildman–Crippen LogP) is 1.15. The molecule has 2 unspecified atom stereocenters. The molecule has 3 rings (SSSR count). The van der Waals surface area contributed by atoms with Crippen LogP contribution < -0.4 is 0 Å². The van der Waals surface area contributed by atoms with Gasteiger partial charge in [0.15, 0.2) is 0 Å². The van der Waals surface area contributed by atoms with Crippen LogP contribution in [0.5, 0.6) is 0 Å². The van der Waals surface area contributed by atoms with Crippen molar-refractivity contribution in [1.29, 1.82) is 0 Å². The van der Waals surface area contributed by atoms with Gasteiger partial charge in [-0.3, -0.25) is 0 Å². The molecule has 2 atom stereocenters. The number of carbonyl (C=O) groups is 2. The Morgan fingerprint density at radius 1 is 1.10 bits per heavy atom. The standard InChI is InChI=1S/C14H14O6/c15-13(19-8-11-7-18-11)9-1-3-10(4-2-9)14(16)20-12-5-6-17-12/h1-4,11-12H,5-8H2. The van der Waals surface area contributed by atoms with Crippen LogP contribution in [0, 0.1) is 0 Å². The van der Waals surface area contributed by atoms with Gasteiger partial charge in [0.05, 0.1) is 24.3 Å². The van der Waals surface area contributed by atoms with E-state index in [4.69, 9.17) is 18.9 Å². The van der Waals surface area contributed by atoms with Gasteiger partial charge in [-0.25, -0.2) is 9.59 Å². The normalized spacial score (nSPS) is 23.6. The second kappa shape index (κ2) is 5.60. The summed E-state index contributed by atoms with van der Waals surface area (Å²) < 4.78 is 20.1. The molecular weight excluding hydrogens is 264 g/mol. The van der Waals surface area contributed by atoms with Gasteiger partial charge >= 0.3 is 11.9 Å². The van der Waals surface area contributed by atoms with Crippen LogP contribution in [-0.2, 0) is 18.9 Å². The lowest BCUT2D eigenvalue weighted by atomic mass is 10.1. The number of epoxide rings is 1. The molecule has 6 heteroatoms. The average molecular weight is 278 g/mol. The van der Waals surface area contributed by atoms with E-state index in [1.807, 2.05) is 0 Å². The SMILES string of the molecule is O=C(OCC1CO1)c1ccc(C(=O)OC2CCO2)cc1. The first-order chi connectivity index (χ1) is 9.72. The molecule has 0 N–H and O–H groups in total. The smallest absolute Gasteiger partial charge is 0.340 e. The first kappa shape index (κ1) is 13.1. The Labute approximate surface area is 115 Å². The maximum Gasteiger partial charge on any atom is 0.340 e. The first-order valence-corrected chi connectivity index (χ1v) is 6.44. The maximum absolute atomic E-state index is 11.7. The third kappa shape index (κ3) is 3.15. The van der Waals surface area contributed by atoms with Crippen LogP contribution in [0.15, 0.2) is 24.3 Å². The topological polar surface area (TPSA) is 74.4 Å². The minimum absolute atomic E-state index is 0.0377. The van der Waals surface area contributed by atoms with E-state index in [1.165, 1.54) is 24.3 Å². The largest absolute Gasteiger partial charge is 0.459 e. The molecule has 0 saturated carbocycles. The lowest BCUT2D eigenvalue weighted by Gasteiger charge is -2.25. The third-order valence-electron chi connectivity index (χ3n) is 3.05. The van der Waals surface area contributed by atoms with Crippen LogP contribution in [0.3, 0.4) is 0 Å². The minimum atomic E-state index is -0.457. The van der Waals surface area contributed by atoms with E-state index in [9.17, 15) is 9.59 Å². The zero-order valence-corrected chi connectivity index (χ0v) is 10.7. The summed E-state index contributed by atoms with van der Waals surface area (Å²) >= 11 is 0. The number of hydrogen-bond donors (Lipinski definition) is 0. The molecule has 0 amide bonds. The average Bonchev–Trinajstić information content (AvgIpc) is 3.24. The Kier molecular flexibility index (Phi) is 3.66. The minimum Gasteiger partial charge on any atom is -0.459 e. The molecule has 0 radical (unpaired) electrons. The van der Waals surface area contributed by atoms with Crippen LogP contribution in [-0.4, -0.2) is 44.2 Å². The molecule has 1 aromatic carbocycles. The Bertz CT molecular complexity index is 501. The molecule has 2 aliphatic heterocycles. The molecular formula is C14H14O6. The van der Waals surface area contributed by atoms with E-state index in [2.05, 4.69) is 0 Å². The van der Waals surface area contributed by atoms with Crippen LogP contribution in [0.25, 0.3) is 0 Å². The second-order valence-corrected chi connectivity index (χ2v) is 4.63. The summed E-state index contributed by atoms with van der Waals surface area (Å²) in [5.74, 6) is -0.885. The molecule has 20 heavy (non-hydrogen) atoms. The Morgan fingerprint density at radius 3 is 2.20 bits per heavy atom. The molecule has 2 saturated heterocycles. The molecule has 6 nitrogen and oxygen atoms in total. The van der Waals surface area contributed by atoms with Crippen LogP contribution in [0.1, 0.15) is 27.1 Å². The van der Waals surface area contributed by atoms with Gasteiger partial charge in [0.25, 0.3) is 0 Å². The van der Waals surface area contributed by atoms with Crippen molar-refractivity contribution in [3.8, 4) is 0 Å². The maximum atomic E-state index is 11.7. The van der Waals surface area contributed by atoms with Crippen molar-refractivity contribution in [3.05, 3.63) is 35.4 Å². The number of hydrogen-bond acceptors (Lipinski definition) is 6. The zero-order chi connectivity index (χ0) is 13.9. The van der Waals surface area contributed by atoms with Gasteiger partial charge in [0, 0.05) is 6.42 Å². The van der Waals surface area contributed by atoms with Gasteiger partial charge in [-0.2, -0.15) is 0 Å². The van der Waals surface area contributed by atoms with Gasteiger partial charge in [0.2, 0.25) is 6.29 Å². The Morgan fingerprint density at radius 2 is 1.70 bits per heavy atom. The molecule has 1 aromatic rings. The number of carbonyl (C=O) groups excluding carboxylic acids is 2. The van der Waals surface area contributed by atoms with E-state index < -0.39 is 18.2 Å². The summed E-state index contributed by atoms with van der Waals surface area (Å²) in [6.45, 7) is 1.52. The van der Waals surface area contributed by atoms with Gasteiger partial charge in [-0.1, -0.05) is 0 Å². The summed E-state index contributed by atoms with van der Waals surface area (Å²) in [6.07, 6.45) is 0.320. The monoisotopic (exact) mass is 278 g/mol. The molecule has 106 valence electrons. The second-order valence-electron chi connectivity index (χ2n) is 4.63. The summed E-state index contributed by atoms with van der Waals surface area (Å²) in [7, 11) is 0. The zero-order valence-electron chi connectivity index (χ0n) is 10.7. The number of benzene rings is 1. The third-order valence-corrected chi connectivity index (χ3v) is 3.05. The van der Waals surface area contributed by atoms with E-state index in [-0.39, 0.29) is 12.7 Å². The summed E-state index contributed by atoms with van der Waals surface area (Å²) in [6, 6.07) is 6.14. The Balaban J connectivity index is 1.55. The van der Waals surface area contributed by atoms with Crippen LogP contribution in [0.2, 0.25) is 0 Å². The van der Waals surface area contributed by atoms with Gasteiger partial charge in [-0.15, -0.1) is 0 Å². The summed E-state index contributed by atoms with van der Waals surface area (Å²) in [4.78, 5) is 23.4. The highest BCUT2D eigenvalue weighted by molar-refractivity contribution is 5.93. The lowest BCUT2D eigenvalue weighted by molar-refractivity contribution is -0.184. The molecule has 0 bridgehead atoms. The Hall–Kier alpha value is -1.92. The predicted molar refractivity (Wildman–Crippen MR) is 66.2 cm³/mol.